The molecule has 6 nitrogen and oxygen atoms in total. The fraction of sp³-hybridized carbons (Fsp3) is 0.412. The van der Waals surface area contributed by atoms with Gasteiger partial charge in [0.15, 0.2) is 11.6 Å². The molecule has 4 N–H and O–H groups in total. The van der Waals surface area contributed by atoms with Crippen molar-refractivity contribution in [2.75, 3.05) is 5.73 Å². The molecular formula is C17H19BF3NO5. The lowest BCUT2D eigenvalue weighted by molar-refractivity contribution is -0.375. The Morgan fingerprint density at radius 2 is 1.63 bits per heavy atom. The molecule has 0 spiro atoms. The van der Waals surface area contributed by atoms with Crippen LogP contribution in [0.2, 0.25) is 0 Å². The lowest BCUT2D eigenvalue weighted by Gasteiger charge is -2.32. The molecule has 0 atom stereocenters. The molecule has 0 bridgehead atoms. The Bertz CT molecular complexity index is 898. The molecule has 146 valence electrons. The van der Waals surface area contributed by atoms with Crippen molar-refractivity contribution in [3.8, 4) is 5.75 Å². The zero-order chi connectivity index (χ0) is 20.4. The van der Waals surface area contributed by atoms with Gasteiger partial charge in [0.2, 0.25) is 5.82 Å². The number of halogens is 3. The van der Waals surface area contributed by atoms with Gasteiger partial charge in [0.05, 0.1) is 11.2 Å². The summed E-state index contributed by atoms with van der Waals surface area (Å²) in [5, 5.41) is 17.7. The number of hydrogen-bond acceptors (Lipinski definition) is 6. The largest absolute Gasteiger partial charge is 0.495 e. The number of anilines is 1. The van der Waals surface area contributed by atoms with Gasteiger partial charge >= 0.3 is 13.3 Å². The molecule has 27 heavy (non-hydrogen) atoms. The molecule has 1 aliphatic rings. The van der Waals surface area contributed by atoms with Crippen LogP contribution in [0.25, 0.3) is 10.8 Å². The standard InChI is InChI=1S/C17H19BF3NO5/c1-15(2)16(3,4)27-18(26-15)10-7-9(22)5-8-6-11(19)13(20)14(12(8)10)25-17(21,23)24/h5-7,23-24H,22H2,1-4H3. The first kappa shape index (κ1) is 19.7. The number of fused-ring (bicyclic) bond motifs is 1. The summed E-state index contributed by atoms with van der Waals surface area (Å²) in [5.74, 6) is -4.02. The van der Waals surface area contributed by atoms with Gasteiger partial charge in [0.1, 0.15) is 0 Å². The molecule has 0 amide bonds. The molecule has 2 aromatic carbocycles. The minimum atomic E-state index is -4.23. The first-order valence-electron chi connectivity index (χ1n) is 8.11. The third-order valence-electron chi connectivity index (χ3n) is 4.88. The van der Waals surface area contributed by atoms with Gasteiger partial charge in [-0.3, -0.25) is 0 Å². The van der Waals surface area contributed by atoms with Crippen molar-refractivity contribution in [1.82, 2.24) is 0 Å². The molecule has 2 aromatic rings. The molecule has 0 saturated carbocycles. The minimum Gasteiger partial charge on any atom is -0.409 e. The first-order chi connectivity index (χ1) is 12.2. The fourth-order valence-corrected chi connectivity index (χ4v) is 2.89. The van der Waals surface area contributed by atoms with Crippen LogP contribution in [-0.4, -0.2) is 34.8 Å². The smallest absolute Gasteiger partial charge is 0.409 e. The van der Waals surface area contributed by atoms with Gasteiger partial charge in [0, 0.05) is 11.1 Å². The van der Waals surface area contributed by atoms with E-state index in [-0.39, 0.29) is 21.9 Å². The molecule has 0 radical (unpaired) electrons. The number of benzene rings is 2. The average molecular weight is 385 g/mol. The normalized spacial score (nSPS) is 18.9. The average Bonchev–Trinajstić information content (AvgIpc) is 2.70. The highest BCUT2D eigenvalue weighted by molar-refractivity contribution is 6.65. The Balaban J connectivity index is 2.29. The van der Waals surface area contributed by atoms with Gasteiger partial charge in [0.25, 0.3) is 0 Å². The summed E-state index contributed by atoms with van der Waals surface area (Å²) in [5.41, 5.74) is 4.65. The van der Waals surface area contributed by atoms with E-state index in [0.717, 1.165) is 6.07 Å². The van der Waals surface area contributed by atoms with Gasteiger partial charge in [-0.15, -0.1) is 4.39 Å². The SMILES string of the molecule is CC1(C)OB(c2cc(N)cc3cc(F)c(F)c(OC(O)(O)F)c23)OC1(C)C. The van der Waals surface area contributed by atoms with E-state index in [1.165, 1.54) is 12.1 Å². The molecule has 10 heteroatoms. The van der Waals surface area contributed by atoms with Crippen molar-refractivity contribution in [3.05, 3.63) is 29.8 Å². The van der Waals surface area contributed by atoms with Gasteiger partial charge in [-0.1, -0.05) is 0 Å². The molecule has 0 aromatic heterocycles. The number of rotatable bonds is 3. The second kappa shape index (κ2) is 6.00. The predicted molar refractivity (Wildman–Crippen MR) is 92.9 cm³/mol. The summed E-state index contributed by atoms with van der Waals surface area (Å²) in [6.07, 6.45) is -4.23. The topological polar surface area (TPSA) is 94.2 Å². The van der Waals surface area contributed by atoms with E-state index < -0.39 is 41.9 Å². The minimum absolute atomic E-state index is 0.0397. The van der Waals surface area contributed by atoms with E-state index in [2.05, 4.69) is 4.74 Å². The van der Waals surface area contributed by atoms with Crippen LogP contribution in [0.3, 0.4) is 0 Å². The van der Waals surface area contributed by atoms with E-state index >= 15 is 0 Å². The quantitative estimate of drug-likeness (QED) is 0.425. The van der Waals surface area contributed by atoms with Crippen LogP contribution in [0.4, 0.5) is 18.9 Å². The third kappa shape index (κ3) is 3.45. The summed E-state index contributed by atoms with van der Waals surface area (Å²) in [6.45, 7) is 7.14. The van der Waals surface area contributed by atoms with Crippen molar-refractivity contribution in [2.45, 2.75) is 45.1 Å². The molecule has 1 aliphatic heterocycles. The van der Waals surface area contributed by atoms with Crippen molar-refractivity contribution in [2.24, 2.45) is 0 Å². The zero-order valence-corrected chi connectivity index (χ0v) is 15.1. The van der Waals surface area contributed by atoms with E-state index in [9.17, 15) is 13.2 Å². The van der Waals surface area contributed by atoms with E-state index in [1.54, 1.807) is 27.7 Å². The molecule has 0 aliphatic carbocycles. The van der Waals surface area contributed by atoms with Crippen LogP contribution in [0.5, 0.6) is 5.75 Å². The summed E-state index contributed by atoms with van der Waals surface area (Å²) in [4.78, 5) is 0. The number of hydrogen-bond donors (Lipinski definition) is 3. The number of nitrogens with two attached hydrogens (primary N) is 1. The number of alkyl halides is 1. The molecule has 1 heterocycles. The lowest BCUT2D eigenvalue weighted by Crippen LogP contribution is -2.41. The highest BCUT2D eigenvalue weighted by Gasteiger charge is 2.52. The van der Waals surface area contributed by atoms with Gasteiger partial charge in [-0.2, -0.15) is 4.39 Å². The Morgan fingerprint density at radius 1 is 1.07 bits per heavy atom. The van der Waals surface area contributed by atoms with Gasteiger partial charge in [-0.05, 0) is 56.7 Å². The number of nitrogen functional groups attached to an aromatic ring is 1. The molecular weight excluding hydrogens is 366 g/mol. The summed E-state index contributed by atoms with van der Waals surface area (Å²) in [6, 6.07) is 3.51. The number of ether oxygens (including phenoxy) is 1. The van der Waals surface area contributed by atoms with E-state index in [4.69, 9.17) is 25.3 Å². The van der Waals surface area contributed by atoms with Crippen molar-refractivity contribution < 1.29 is 37.4 Å². The summed E-state index contributed by atoms with van der Waals surface area (Å²) in [7, 11) is -1.07. The van der Waals surface area contributed by atoms with Crippen molar-refractivity contribution in [1.29, 1.82) is 0 Å². The fourth-order valence-electron chi connectivity index (χ4n) is 2.89. The van der Waals surface area contributed by atoms with E-state index in [0.29, 0.717) is 0 Å². The summed E-state index contributed by atoms with van der Waals surface area (Å²) < 4.78 is 57.6. The summed E-state index contributed by atoms with van der Waals surface area (Å²) >= 11 is 0. The van der Waals surface area contributed by atoms with Crippen molar-refractivity contribution in [3.63, 3.8) is 0 Å². The van der Waals surface area contributed by atoms with Crippen LogP contribution in [0.1, 0.15) is 27.7 Å². The highest BCUT2D eigenvalue weighted by Crippen LogP contribution is 2.39. The van der Waals surface area contributed by atoms with Crippen molar-refractivity contribution >= 4 is 29.0 Å². The van der Waals surface area contributed by atoms with Crippen LogP contribution >= 0.6 is 0 Å². The van der Waals surface area contributed by atoms with Crippen LogP contribution in [0, 0.1) is 11.6 Å². The second-order valence-corrected chi connectivity index (χ2v) is 7.43. The number of aliphatic hydroxyl groups is 2. The van der Waals surface area contributed by atoms with Crippen LogP contribution in [0.15, 0.2) is 18.2 Å². The Kier molecular flexibility index (Phi) is 4.39. The molecule has 3 rings (SSSR count). The first-order valence-corrected chi connectivity index (χ1v) is 8.11. The zero-order valence-electron chi connectivity index (χ0n) is 15.1. The molecule has 1 saturated heterocycles. The predicted octanol–water partition coefficient (Wildman–Crippen LogP) is 1.94. The highest BCUT2D eigenvalue weighted by atomic mass is 19.2. The van der Waals surface area contributed by atoms with Crippen LogP contribution < -0.4 is 15.9 Å². The van der Waals surface area contributed by atoms with Crippen LogP contribution in [-0.2, 0) is 9.31 Å². The monoisotopic (exact) mass is 385 g/mol. The maximum Gasteiger partial charge on any atom is 0.495 e. The molecule has 0 unspecified atom stereocenters. The Labute approximate surface area is 153 Å². The third-order valence-corrected chi connectivity index (χ3v) is 4.88. The lowest BCUT2D eigenvalue weighted by atomic mass is 9.75. The van der Waals surface area contributed by atoms with E-state index in [1.807, 2.05) is 0 Å². The maximum absolute atomic E-state index is 14.3. The van der Waals surface area contributed by atoms with Gasteiger partial charge in [-0.25, -0.2) is 4.39 Å². The molecule has 1 fully saturated rings. The Hall–Kier alpha value is -2.01. The maximum atomic E-state index is 14.3. The second-order valence-electron chi connectivity index (χ2n) is 7.43. The Morgan fingerprint density at radius 3 is 2.15 bits per heavy atom. The van der Waals surface area contributed by atoms with Gasteiger partial charge < -0.3 is 30.0 Å².